The molecule has 7 heteroatoms. The van der Waals surface area contributed by atoms with Gasteiger partial charge in [0.25, 0.3) is 0 Å². The van der Waals surface area contributed by atoms with Gasteiger partial charge >= 0.3 is 0 Å². The van der Waals surface area contributed by atoms with Crippen LogP contribution in [-0.2, 0) is 4.79 Å². The van der Waals surface area contributed by atoms with Gasteiger partial charge in [0, 0.05) is 23.9 Å². The Kier molecular flexibility index (Phi) is 4.38. The summed E-state index contributed by atoms with van der Waals surface area (Å²) in [5, 5.41) is 5.91. The number of carbonyl (C=O) groups is 2. The van der Waals surface area contributed by atoms with Crippen molar-refractivity contribution in [1.82, 2.24) is 4.98 Å². The van der Waals surface area contributed by atoms with E-state index in [1.807, 2.05) is 18.2 Å². The SMILES string of the molecule is Cc1nc2cc(N[C@@H](C)C(=O)Nc3ccc(C(N)=O)cc3)ccc2o1. The summed E-state index contributed by atoms with van der Waals surface area (Å²) in [5.74, 6) is -0.119. The highest BCUT2D eigenvalue weighted by Crippen LogP contribution is 2.20. The maximum atomic E-state index is 12.3. The summed E-state index contributed by atoms with van der Waals surface area (Å²) in [6.07, 6.45) is 0. The highest BCUT2D eigenvalue weighted by molar-refractivity contribution is 5.97. The number of aryl methyl sites for hydroxylation is 1. The summed E-state index contributed by atoms with van der Waals surface area (Å²) in [4.78, 5) is 27.6. The predicted octanol–water partition coefficient (Wildman–Crippen LogP) is 2.67. The summed E-state index contributed by atoms with van der Waals surface area (Å²) < 4.78 is 5.43. The third kappa shape index (κ3) is 3.77. The fraction of sp³-hybridized carbons (Fsp3) is 0.167. The third-order valence-corrected chi connectivity index (χ3v) is 3.71. The lowest BCUT2D eigenvalue weighted by molar-refractivity contribution is -0.116. The molecule has 0 unspecified atom stereocenters. The zero-order valence-corrected chi connectivity index (χ0v) is 13.9. The van der Waals surface area contributed by atoms with Crippen molar-refractivity contribution in [2.45, 2.75) is 19.9 Å². The van der Waals surface area contributed by atoms with Crippen molar-refractivity contribution in [1.29, 1.82) is 0 Å². The molecule has 0 aliphatic carbocycles. The van der Waals surface area contributed by atoms with Gasteiger partial charge in [0.05, 0.1) is 0 Å². The summed E-state index contributed by atoms with van der Waals surface area (Å²) >= 11 is 0. The smallest absolute Gasteiger partial charge is 0.248 e. The highest BCUT2D eigenvalue weighted by atomic mass is 16.3. The molecule has 2 aromatic carbocycles. The average molecular weight is 338 g/mol. The van der Waals surface area contributed by atoms with Gasteiger partial charge in [0.2, 0.25) is 11.8 Å². The first-order valence-corrected chi connectivity index (χ1v) is 7.77. The van der Waals surface area contributed by atoms with Crippen LogP contribution in [0, 0.1) is 6.92 Å². The molecule has 0 fully saturated rings. The van der Waals surface area contributed by atoms with Crippen LogP contribution in [0.25, 0.3) is 11.1 Å². The van der Waals surface area contributed by atoms with Crippen molar-refractivity contribution in [2.24, 2.45) is 5.73 Å². The Morgan fingerprint density at radius 1 is 1.12 bits per heavy atom. The number of amides is 2. The minimum atomic E-state index is -0.508. The van der Waals surface area contributed by atoms with Crippen molar-refractivity contribution < 1.29 is 14.0 Å². The normalized spacial score (nSPS) is 11.9. The van der Waals surface area contributed by atoms with Crippen LogP contribution in [-0.4, -0.2) is 22.8 Å². The van der Waals surface area contributed by atoms with E-state index >= 15 is 0 Å². The van der Waals surface area contributed by atoms with Crippen molar-refractivity contribution in [3.05, 3.63) is 53.9 Å². The van der Waals surface area contributed by atoms with Crippen LogP contribution in [0.2, 0.25) is 0 Å². The molecule has 0 spiro atoms. The lowest BCUT2D eigenvalue weighted by Crippen LogP contribution is -2.31. The largest absolute Gasteiger partial charge is 0.441 e. The molecule has 0 bridgehead atoms. The van der Waals surface area contributed by atoms with Gasteiger partial charge in [-0.05, 0) is 49.4 Å². The van der Waals surface area contributed by atoms with E-state index in [4.69, 9.17) is 10.2 Å². The maximum absolute atomic E-state index is 12.3. The Morgan fingerprint density at radius 2 is 1.80 bits per heavy atom. The third-order valence-electron chi connectivity index (χ3n) is 3.71. The predicted molar refractivity (Wildman–Crippen MR) is 95.4 cm³/mol. The molecule has 0 saturated carbocycles. The average Bonchev–Trinajstić information content (AvgIpc) is 2.94. The molecule has 0 radical (unpaired) electrons. The Bertz CT molecular complexity index is 931. The number of primary amides is 1. The first-order valence-electron chi connectivity index (χ1n) is 7.77. The zero-order valence-electron chi connectivity index (χ0n) is 13.9. The van der Waals surface area contributed by atoms with E-state index in [1.165, 1.54) is 0 Å². The monoisotopic (exact) mass is 338 g/mol. The number of benzene rings is 2. The van der Waals surface area contributed by atoms with Gasteiger partial charge in [-0.3, -0.25) is 9.59 Å². The molecule has 0 aliphatic rings. The lowest BCUT2D eigenvalue weighted by Gasteiger charge is -2.15. The van der Waals surface area contributed by atoms with E-state index in [1.54, 1.807) is 38.1 Å². The first kappa shape index (κ1) is 16.5. The number of aromatic nitrogens is 1. The van der Waals surface area contributed by atoms with Crippen LogP contribution in [0.3, 0.4) is 0 Å². The number of oxazole rings is 1. The van der Waals surface area contributed by atoms with Crippen LogP contribution in [0.1, 0.15) is 23.2 Å². The molecule has 25 heavy (non-hydrogen) atoms. The Balaban J connectivity index is 1.65. The van der Waals surface area contributed by atoms with Crippen molar-refractivity contribution in [3.8, 4) is 0 Å². The standard InChI is InChI=1S/C18H18N4O3/c1-10(18(24)22-13-5-3-12(4-6-13)17(19)23)20-14-7-8-16-15(9-14)21-11(2)25-16/h3-10,20H,1-2H3,(H2,19,23)(H,22,24)/t10-/m0/s1. The molecule has 1 aromatic heterocycles. The molecule has 3 aromatic rings. The summed E-state index contributed by atoms with van der Waals surface area (Å²) in [6, 6.07) is 11.4. The second kappa shape index (κ2) is 6.64. The van der Waals surface area contributed by atoms with Gasteiger partial charge in [-0.15, -0.1) is 0 Å². The van der Waals surface area contributed by atoms with E-state index in [0.717, 1.165) is 11.2 Å². The number of nitrogens with one attached hydrogen (secondary N) is 2. The van der Waals surface area contributed by atoms with E-state index in [0.29, 0.717) is 22.7 Å². The van der Waals surface area contributed by atoms with Crippen LogP contribution < -0.4 is 16.4 Å². The van der Waals surface area contributed by atoms with Gasteiger partial charge < -0.3 is 20.8 Å². The molecule has 1 heterocycles. The Hall–Kier alpha value is -3.35. The van der Waals surface area contributed by atoms with E-state index in [2.05, 4.69) is 15.6 Å². The fourth-order valence-corrected chi connectivity index (χ4v) is 2.42. The number of rotatable bonds is 5. The number of nitrogens with two attached hydrogens (primary N) is 1. The van der Waals surface area contributed by atoms with E-state index in [9.17, 15) is 9.59 Å². The zero-order chi connectivity index (χ0) is 18.0. The second-order valence-corrected chi connectivity index (χ2v) is 5.71. The molecule has 0 saturated heterocycles. The van der Waals surface area contributed by atoms with Crippen LogP contribution in [0.4, 0.5) is 11.4 Å². The van der Waals surface area contributed by atoms with Crippen molar-refractivity contribution in [3.63, 3.8) is 0 Å². The van der Waals surface area contributed by atoms with E-state index < -0.39 is 11.9 Å². The second-order valence-electron chi connectivity index (χ2n) is 5.71. The molecular weight excluding hydrogens is 320 g/mol. The summed E-state index contributed by atoms with van der Waals surface area (Å²) in [5.41, 5.74) is 8.38. The Morgan fingerprint density at radius 3 is 2.48 bits per heavy atom. The molecular formula is C18H18N4O3. The quantitative estimate of drug-likeness (QED) is 0.662. The minimum absolute atomic E-state index is 0.205. The molecule has 1 atom stereocenters. The number of nitrogens with zero attached hydrogens (tertiary/aromatic N) is 1. The molecule has 0 aliphatic heterocycles. The fourth-order valence-electron chi connectivity index (χ4n) is 2.42. The molecule has 4 N–H and O–H groups in total. The van der Waals surface area contributed by atoms with Gasteiger partial charge in [-0.1, -0.05) is 0 Å². The van der Waals surface area contributed by atoms with Gasteiger partial charge in [-0.25, -0.2) is 4.98 Å². The molecule has 3 rings (SSSR count). The number of fused-ring (bicyclic) bond motifs is 1. The minimum Gasteiger partial charge on any atom is -0.441 e. The van der Waals surface area contributed by atoms with Crippen molar-refractivity contribution >= 4 is 34.3 Å². The number of hydrogen-bond donors (Lipinski definition) is 3. The van der Waals surface area contributed by atoms with Crippen LogP contribution in [0.5, 0.6) is 0 Å². The Labute approximate surface area is 144 Å². The highest BCUT2D eigenvalue weighted by Gasteiger charge is 2.14. The van der Waals surface area contributed by atoms with E-state index in [-0.39, 0.29) is 5.91 Å². The maximum Gasteiger partial charge on any atom is 0.248 e. The van der Waals surface area contributed by atoms with Gasteiger partial charge in [0.15, 0.2) is 11.5 Å². The number of carbonyl (C=O) groups excluding carboxylic acids is 2. The number of anilines is 2. The number of hydrogen-bond acceptors (Lipinski definition) is 5. The summed E-state index contributed by atoms with van der Waals surface area (Å²) in [7, 11) is 0. The van der Waals surface area contributed by atoms with Gasteiger partial charge in [0.1, 0.15) is 11.6 Å². The van der Waals surface area contributed by atoms with Crippen LogP contribution in [0.15, 0.2) is 46.9 Å². The topological polar surface area (TPSA) is 110 Å². The van der Waals surface area contributed by atoms with Crippen LogP contribution >= 0.6 is 0 Å². The molecule has 128 valence electrons. The lowest BCUT2D eigenvalue weighted by atomic mass is 10.2. The summed E-state index contributed by atoms with van der Waals surface area (Å²) in [6.45, 7) is 3.54. The van der Waals surface area contributed by atoms with Gasteiger partial charge in [-0.2, -0.15) is 0 Å². The molecule has 2 amide bonds. The van der Waals surface area contributed by atoms with Crippen molar-refractivity contribution in [2.75, 3.05) is 10.6 Å². The first-order chi connectivity index (χ1) is 11.9. The molecule has 7 nitrogen and oxygen atoms in total.